The molecule has 1 aromatic heterocycles. The van der Waals surface area contributed by atoms with Gasteiger partial charge in [-0.1, -0.05) is 0 Å². The van der Waals surface area contributed by atoms with E-state index in [4.69, 9.17) is 0 Å². The molecule has 1 amide bonds. The molecular weight excluding hydrogens is 156 g/mol. The number of amides is 1. The van der Waals surface area contributed by atoms with Gasteiger partial charge in [-0.15, -0.1) is 24.0 Å². The summed E-state index contributed by atoms with van der Waals surface area (Å²) in [5.74, 6) is 0.526. The summed E-state index contributed by atoms with van der Waals surface area (Å²) >= 11 is 5.39. The molecule has 0 radical (unpaired) electrons. The lowest BCUT2D eigenvalue weighted by Crippen LogP contribution is -1.93. The van der Waals surface area contributed by atoms with Crippen LogP contribution in [-0.4, -0.2) is 11.4 Å². The van der Waals surface area contributed by atoms with E-state index >= 15 is 0 Å². The Labute approximate surface area is 61.5 Å². The van der Waals surface area contributed by atoms with E-state index in [9.17, 15) is 4.79 Å². The Morgan fingerprint density at radius 1 is 1.89 bits per heavy atom. The van der Waals surface area contributed by atoms with Crippen molar-refractivity contribution >= 4 is 36.2 Å². The van der Waals surface area contributed by atoms with Gasteiger partial charge in [0, 0.05) is 0 Å². The largest absolute Gasteiger partial charge is 0.312 e. The second-order valence-corrected chi connectivity index (χ2v) is 2.87. The number of carbonyl (C=O) groups excluding carboxylic acids is 1. The number of aromatic nitrogens is 1. The maximum atomic E-state index is 9.84. The molecule has 1 N–H and O–H groups in total. The minimum Gasteiger partial charge on any atom is -0.312 e. The van der Waals surface area contributed by atoms with E-state index in [-0.39, 0.29) is 0 Å². The number of carbonyl (C=O) groups is 1. The number of nitrogens with zero attached hydrogens (tertiary/aromatic N) is 1. The van der Waals surface area contributed by atoms with Crippen LogP contribution < -0.4 is 5.32 Å². The van der Waals surface area contributed by atoms with Gasteiger partial charge in [0.1, 0.15) is 4.21 Å². The van der Waals surface area contributed by atoms with Gasteiger partial charge in [0.25, 0.3) is 0 Å². The highest BCUT2D eigenvalue weighted by molar-refractivity contribution is 7.83. The molecule has 0 unspecified atom stereocenters. The van der Waals surface area contributed by atoms with Crippen molar-refractivity contribution in [2.24, 2.45) is 0 Å². The van der Waals surface area contributed by atoms with Crippen molar-refractivity contribution in [2.75, 3.05) is 5.32 Å². The molecule has 3 nitrogen and oxygen atoms in total. The zero-order chi connectivity index (χ0) is 6.69. The second-order valence-electron chi connectivity index (χ2n) is 1.27. The number of hydrogen-bond donors (Lipinski definition) is 2. The van der Waals surface area contributed by atoms with E-state index in [2.05, 4.69) is 22.9 Å². The first-order valence-corrected chi connectivity index (χ1v) is 3.50. The van der Waals surface area contributed by atoms with Crippen LogP contribution in [-0.2, 0) is 4.79 Å². The van der Waals surface area contributed by atoms with Gasteiger partial charge >= 0.3 is 0 Å². The van der Waals surface area contributed by atoms with Crippen LogP contribution in [0.2, 0.25) is 0 Å². The predicted octanol–water partition coefficient (Wildman–Crippen LogP) is 1.00. The first kappa shape index (κ1) is 6.57. The van der Waals surface area contributed by atoms with Crippen molar-refractivity contribution in [1.29, 1.82) is 0 Å². The highest BCUT2D eigenvalue weighted by Crippen LogP contribution is 2.21. The van der Waals surface area contributed by atoms with E-state index < -0.39 is 0 Å². The molecule has 0 bridgehead atoms. The van der Waals surface area contributed by atoms with E-state index in [1.54, 1.807) is 5.51 Å². The highest BCUT2D eigenvalue weighted by atomic mass is 32.2. The quantitative estimate of drug-likeness (QED) is 0.500. The van der Waals surface area contributed by atoms with Gasteiger partial charge in [0.05, 0.1) is 5.51 Å². The van der Waals surface area contributed by atoms with Crippen LogP contribution >= 0.6 is 24.0 Å². The summed E-state index contributed by atoms with van der Waals surface area (Å²) in [7, 11) is 0. The Kier molecular flexibility index (Phi) is 2.07. The first-order chi connectivity index (χ1) is 4.34. The average molecular weight is 160 g/mol. The van der Waals surface area contributed by atoms with Gasteiger partial charge in [-0.2, -0.15) is 0 Å². The molecule has 1 heterocycles. The third-order valence-electron chi connectivity index (χ3n) is 0.744. The highest BCUT2D eigenvalue weighted by Gasteiger charge is 1.97. The van der Waals surface area contributed by atoms with Crippen LogP contribution in [0.25, 0.3) is 0 Å². The average Bonchev–Trinajstić information content (AvgIpc) is 2.18. The van der Waals surface area contributed by atoms with Crippen LogP contribution in [0.4, 0.5) is 5.82 Å². The summed E-state index contributed by atoms with van der Waals surface area (Å²) in [5.41, 5.74) is 1.62. The minimum absolute atomic E-state index is 0.526. The fourth-order valence-corrected chi connectivity index (χ4v) is 1.14. The summed E-state index contributed by atoms with van der Waals surface area (Å²) in [6.45, 7) is 0. The number of rotatable bonds is 2. The van der Waals surface area contributed by atoms with E-state index in [0.29, 0.717) is 12.2 Å². The minimum atomic E-state index is 0.526. The lowest BCUT2D eigenvalue weighted by atomic mass is 10.8. The zero-order valence-electron chi connectivity index (χ0n) is 4.37. The summed E-state index contributed by atoms with van der Waals surface area (Å²) in [5, 5.41) is 2.40. The zero-order valence-corrected chi connectivity index (χ0v) is 6.08. The molecule has 9 heavy (non-hydrogen) atoms. The molecule has 1 aromatic rings. The van der Waals surface area contributed by atoms with Gasteiger partial charge in [-0.05, 0) is 0 Å². The van der Waals surface area contributed by atoms with Crippen LogP contribution in [0.3, 0.4) is 0 Å². The number of thiol groups is 1. The van der Waals surface area contributed by atoms with E-state index in [0.717, 1.165) is 4.21 Å². The maximum absolute atomic E-state index is 9.84. The third kappa shape index (κ3) is 1.43. The van der Waals surface area contributed by atoms with Crippen molar-refractivity contribution in [3.8, 4) is 0 Å². The lowest BCUT2D eigenvalue weighted by Gasteiger charge is -1.88. The van der Waals surface area contributed by atoms with Gasteiger partial charge in [0.15, 0.2) is 5.82 Å². The topological polar surface area (TPSA) is 42.0 Å². The van der Waals surface area contributed by atoms with Crippen molar-refractivity contribution in [3.63, 3.8) is 0 Å². The lowest BCUT2D eigenvalue weighted by molar-refractivity contribution is -0.105. The molecule has 1 rings (SSSR count). The molecule has 0 aromatic carbocycles. The van der Waals surface area contributed by atoms with Crippen molar-refractivity contribution in [2.45, 2.75) is 4.21 Å². The molecule has 0 aliphatic rings. The Morgan fingerprint density at radius 3 is 3.11 bits per heavy atom. The molecule has 0 atom stereocenters. The number of thiazole rings is 1. The van der Waals surface area contributed by atoms with Crippen molar-refractivity contribution < 1.29 is 4.79 Å². The van der Waals surface area contributed by atoms with Crippen molar-refractivity contribution in [3.05, 3.63) is 5.51 Å². The van der Waals surface area contributed by atoms with Crippen LogP contribution in [0.5, 0.6) is 0 Å². The summed E-state index contributed by atoms with van der Waals surface area (Å²) < 4.78 is 0.724. The molecule has 0 saturated carbocycles. The number of hydrogen-bond acceptors (Lipinski definition) is 4. The van der Waals surface area contributed by atoms with Crippen LogP contribution in [0.15, 0.2) is 9.72 Å². The SMILES string of the molecule is O=CNc1ncsc1S. The molecule has 0 aliphatic carbocycles. The summed E-state index contributed by atoms with van der Waals surface area (Å²) in [4.78, 5) is 13.6. The standard InChI is InChI=1S/C4H4N2OS2/c7-1-5-3-4(8)9-2-6-3/h1-2,8H,(H,5,7). The Morgan fingerprint density at radius 2 is 2.67 bits per heavy atom. The maximum Gasteiger partial charge on any atom is 0.212 e. The normalized spacial score (nSPS) is 9.00. The van der Waals surface area contributed by atoms with Gasteiger partial charge < -0.3 is 5.32 Å². The molecule has 48 valence electrons. The Hall–Kier alpha value is -0.550. The fraction of sp³-hybridized carbons (Fsp3) is 0. The molecule has 0 spiro atoms. The summed E-state index contributed by atoms with van der Waals surface area (Å²) in [6, 6.07) is 0. The third-order valence-corrected chi connectivity index (χ3v) is 1.90. The monoisotopic (exact) mass is 160 g/mol. The fourth-order valence-electron chi connectivity index (χ4n) is 0.395. The number of nitrogens with one attached hydrogen (secondary N) is 1. The predicted molar refractivity (Wildman–Crippen MR) is 39.1 cm³/mol. The first-order valence-electron chi connectivity index (χ1n) is 2.17. The van der Waals surface area contributed by atoms with E-state index in [1.165, 1.54) is 11.3 Å². The smallest absolute Gasteiger partial charge is 0.212 e. The molecule has 5 heteroatoms. The van der Waals surface area contributed by atoms with Crippen LogP contribution in [0, 0.1) is 0 Å². The Bertz CT molecular complexity index is 210. The Balaban J connectivity index is 2.80. The molecular formula is C4H4N2OS2. The van der Waals surface area contributed by atoms with Crippen LogP contribution in [0.1, 0.15) is 0 Å². The van der Waals surface area contributed by atoms with Gasteiger partial charge in [-0.25, -0.2) is 4.98 Å². The van der Waals surface area contributed by atoms with Gasteiger partial charge in [0.2, 0.25) is 6.41 Å². The molecule has 0 saturated heterocycles. The van der Waals surface area contributed by atoms with Crippen molar-refractivity contribution in [1.82, 2.24) is 4.98 Å². The summed E-state index contributed by atoms with van der Waals surface area (Å²) in [6.07, 6.45) is 0.578. The molecule has 0 aliphatic heterocycles. The molecule has 0 fully saturated rings. The van der Waals surface area contributed by atoms with Gasteiger partial charge in [-0.3, -0.25) is 4.79 Å². The second kappa shape index (κ2) is 2.84. The number of anilines is 1. The van der Waals surface area contributed by atoms with E-state index in [1.807, 2.05) is 0 Å².